The molecular weight excluding hydrogens is 216 g/mol. The molecule has 0 radical (unpaired) electrons. The molecule has 0 aromatic heterocycles. The number of nitrogens with zero attached hydrogens (tertiary/aromatic N) is 1. The molecule has 100 valence electrons. The summed E-state index contributed by atoms with van der Waals surface area (Å²) in [5.74, 6) is 0. The fraction of sp³-hybridized carbons (Fsp3) is 1.00. The number of nitrogens with one attached hydrogen (secondary N) is 1. The molecule has 1 N–H and O–H groups in total. The molecule has 1 unspecified atom stereocenters. The molecule has 4 nitrogen and oxygen atoms in total. The summed E-state index contributed by atoms with van der Waals surface area (Å²) in [7, 11) is 1.82. The van der Waals surface area contributed by atoms with Gasteiger partial charge in [-0.05, 0) is 45.3 Å². The van der Waals surface area contributed by atoms with Crippen LogP contribution in [0.4, 0.5) is 0 Å². The van der Waals surface area contributed by atoms with Crippen LogP contribution in [0.1, 0.15) is 25.7 Å². The Labute approximate surface area is 105 Å². The molecule has 2 aliphatic rings. The third-order valence-corrected chi connectivity index (χ3v) is 3.84. The van der Waals surface area contributed by atoms with Crippen molar-refractivity contribution in [3.05, 3.63) is 0 Å². The lowest BCUT2D eigenvalue weighted by molar-refractivity contribution is -0.00556. The second-order valence-corrected chi connectivity index (χ2v) is 5.12. The molecule has 0 aromatic rings. The monoisotopic (exact) mass is 242 g/mol. The van der Waals surface area contributed by atoms with E-state index in [2.05, 4.69) is 10.2 Å². The Morgan fingerprint density at radius 1 is 1.18 bits per heavy atom. The standard InChI is InChI=1S/C13H26N2O2/c1-16-13-3-2-8-15(11-13)9-10-17-12-4-6-14-7-5-12/h12-14H,2-11H2,1H3. The normalized spacial score (nSPS) is 28.4. The smallest absolute Gasteiger partial charge is 0.0698 e. The minimum Gasteiger partial charge on any atom is -0.380 e. The van der Waals surface area contributed by atoms with Crippen molar-refractivity contribution in [1.82, 2.24) is 10.2 Å². The molecule has 2 rings (SSSR count). The van der Waals surface area contributed by atoms with E-state index in [1.54, 1.807) is 0 Å². The highest BCUT2D eigenvalue weighted by Crippen LogP contribution is 2.12. The zero-order valence-electron chi connectivity index (χ0n) is 11.0. The van der Waals surface area contributed by atoms with Crippen LogP contribution < -0.4 is 5.32 Å². The molecule has 0 amide bonds. The topological polar surface area (TPSA) is 33.7 Å². The van der Waals surface area contributed by atoms with Crippen molar-refractivity contribution in [3.8, 4) is 0 Å². The maximum atomic E-state index is 5.93. The van der Waals surface area contributed by atoms with Gasteiger partial charge < -0.3 is 14.8 Å². The third-order valence-electron chi connectivity index (χ3n) is 3.84. The molecule has 1 atom stereocenters. The second kappa shape index (κ2) is 7.31. The fourth-order valence-electron chi connectivity index (χ4n) is 2.72. The van der Waals surface area contributed by atoms with Crippen molar-refractivity contribution in [2.24, 2.45) is 0 Å². The van der Waals surface area contributed by atoms with Crippen molar-refractivity contribution in [3.63, 3.8) is 0 Å². The Balaban J connectivity index is 1.57. The summed E-state index contributed by atoms with van der Waals surface area (Å²) < 4.78 is 11.4. The van der Waals surface area contributed by atoms with Crippen LogP contribution in [0, 0.1) is 0 Å². The molecule has 0 bridgehead atoms. The Hall–Kier alpha value is -0.160. The highest BCUT2D eigenvalue weighted by molar-refractivity contribution is 4.73. The highest BCUT2D eigenvalue weighted by Gasteiger charge is 2.19. The van der Waals surface area contributed by atoms with Gasteiger partial charge in [-0.2, -0.15) is 0 Å². The van der Waals surface area contributed by atoms with Crippen LogP contribution in [0.3, 0.4) is 0 Å². The van der Waals surface area contributed by atoms with E-state index in [0.29, 0.717) is 12.2 Å². The molecular formula is C13H26N2O2. The number of piperidine rings is 2. The van der Waals surface area contributed by atoms with Gasteiger partial charge in [0.2, 0.25) is 0 Å². The number of hydrogen-bond donors (Lipinski definition) is 1. The van der Waals surface area contributed by atoms with Crippen LogP contribution in [0.2, 0.25) is 0 Å². The summed E-state index contributed by atoms with van der Waals surface area (Å²) in [6, 6.07) is 0. The summed E-state index contributed by atoms with van der Waals surface area (Å²) in [6.45, 7) is 6.44. The molecule has 2 heterocycles. The van der Waals surface area contributed by atoms with E-state index < -0.39 is 0 Å². The lowest BCUT2D eigenvalue weighted by Crippen LogP contribution is -2.41. The lowest BCUT2D eigenvalue weighted by Gasteiger charge is -2.32. The summed E-state index contributed by atoms with van der Waals surface area (Å²) in [6.07, 6.45) is 5.72. The number of rotatable bonds is 5. The first-order valence-electron chi connectivity index (χ1n) is 6.96. The van der Waals surface area contributed by atoms with Crippen molar-refractivity contribution >= 4 is 0 Å². The van der Waals surface area contributed by atoms with E-state index in [9.17, 15) is 0 Å². The Morgan fingerprint density at radius 2 is 2.00 bits per heavy atom. The van der Waals surface area contributed by atoms with Gasteiger partial charge in [0.15, 0.2) is 0 Å². The largest absolute Gasteiger partial charge is 0.380 e. The minimum absolute atomic E-state index is 0.433. The van der Waals surface area contributed by atoms with Crippen LogP contribution in [-0.4, -0.2) is 63.5 Å². The van der Waals surface area contributed by atoms with E-state index in [1.165, 1.54) is 32.2 Å². The maximum absolute atomic E-state index is 5.93. The third kappa shape index (κ3) is 4.54. The molecule has 2 fully saturated rings. The summed E-state index contributed by atoms with van der Waals surface area (Å²) in [5, 5.41) is 3.36. The van der Waals surface area contributed by atoms with E-state index in [-0.39, 0.29) is 0 Å². The fourth-order valence-corrected chi connectivity index (χ4v) is 2.72. The van der Waals surface area contributed by atoms with Gasteiger partial charge in [-0.3, -0.25) is 4.90 Å². The average Bonchev–Trinajstić information content (AvgIpc) is 2.40. The van der Waals surface area contributed by atoms with Gasteiger partial charge >= 0.3 is 0 Å². The molecule has 2 saturated heterocycles. The molecule has 2 aliphatic heterocycles. The summed E-state index contributed by atoms with van der Waals surface area (Å²) in [5.41, 5.74) is 0. The molecule has 0 saturated carbocycles. The number of likely N-dealkylation sites (tertiary alicyclic amines) is 1. The average molecular weight is 242 g/mol. The van der Waals surface area contributed by atoms with E-state index >= 15 is 0 Å². The van der Waals surface area contributed by atoms with Crippen LogP contribution in [-0.2, 0) is 9.47 Å². The molecule has 4 heteroatoms. The number of hydrogen-bond acceptors (Lipinski definition) is 4. The Morgan fingerprint density at radius 3 is 2.76 bits per heavy atom. The van der Waals surface area contributed by atoms with Crippen molar-refractivity contribution < 1.29 is 9.47 Å². The van der Waals surface area contributed by atoms with Gasteiger partial charge in [0, 0.05) is 20.2 Å². The van der Waals surface area contributed by atoms with E-state index in [4.69, 9.17) is 9.47 Å². The maximum Gasteiger partial charge on any atom is 0.0698 e. The minimum atomic E-state index is 0.433. The first-order valence-corrected chi connectivity index (χ1v) is 6.96. The predicted molar refractivity (Wildman–Crippen MR) is 68.3 cm³/mol. The summed E-state index contributed by atoms with van der Waals surface area (Å²) in [4.78, 5) is 2.47. The molecule has 0 spiro atoms. The molecule has 0 aromatic carbocycles. The zero-order valence-corrected chi connectivity index (χ0v) is 11.0. The van der Waals surface area contributed by atoms with Gasteiger partial charge in [0.1, 0.15) is 0 Å². The first kappa shape index (κ1) is 13.3. The van der Waals surface area contributed by atoms with Crippen molar-refractivity contribution in [2.75, 3.05) is 46.4 Å². The lowest BCUT2D eigenvalue weighted by atomic mass is 10.1. The van der Waals surface area contributed by atoms with Gasteiger partial charge in [-0.1, -0.05) is 0 Å². The van der Waals surface area contributed by atoms with Gasteiger partial charge in [0.05, 0.1) is 18.8 Å². The van der Waals surface area contributed by atoms with Crippen LogP contribution in [0.25, 0.3) is 0 Å². The van der Waals surface area contributed by atoms with Gasteiger partial charge in [-0.15, -0.1) is 0 Å². The molecule has 17 heavy (non-hydrogen) atoms. The van der Waals surface area contributed by atoms with Crippen LogP contribution in [0.15, 0.2) is 0 Å². The van der Waals surface area contributed by atoms with Crippen molar-refractivity contribution in [1.29, 1.82) is 0 Å². The number of ether oxygens (including phenoxy) is 2. The van der Waals surface area contributed by atoms with E-state index in [0.717, 1.165) is 32.8 Å². The Bertz CT molecular complexity index is 208. The van der Waals surface area contributed by atoms with Gasteiger partial charge in [0.25, 0.3) is 0 Å². The first-order chi connectivity index (χ1) is 8.38. The molecule has 0 aliphatic carbocycles. The van der Waals surface area contributed by atoms with Gasteiger partial charge in [-0.25, -0.2) is 0 Å². The summed E-state index contributed by atoms with van der Waals surface area (Å²) >= 11 is 0. The van der Waals surface area contributed by atoms with E-state index in [1.807, 2.05) is 7.11 Å². The Kier molecular flexibility index (Phi) is 5.71. The van der Waals surface area contributed by atoms with Crippen LogP contribution >= 0.6 is 0 Å². The SMILES string of the molecule is COC1CCCN(CCOC2CCNCC2)C1. The van der Waals surface area contributed by atoms with Crippen molar-refractivity contribution in [2.45, 2.75) is 37.9 Å². The van der Waals surface area contributed by atoms with Crippen LogP contribution in [0.5, 0.6) is 0 Å². The zero-order chi connectivity index (χ0) is 11.9. The second-order valence-electron chi connectivity index (χ2n) is 5.12. The quantitative estimate of drug-likeness (QED) is 0.775. The number of methoxy groups -OCH3 is 1. The highest BCUT2D eigenvalue weighted by atomic mass is 16.5. The predicted octanol–water partition coefficient (Wildman–Crippen LogP) is 0.866.